The molecule has 29 heavy (non-hydrogen) atoms. The van der Waals surface area contributed by atoms with Gasteiger partial charge in [-0.3, -0.25) is 9.78 Å². The highest BCUT2D eigenvalue weighted by molar-refractivity contribution is 7.91. The topological polar surface area (TPSA) is 101 Å². The first kappa shape index (κ1) is 19.5. The van der Waals surface area contributed by atoms with Crippen LogP contribution >= 0.6 is 0 Å². The van der Waals surface area contributed by atoms with Crippen LogP contribution in [-0.2, 0) is 34.0 Å². The fraction of sp³-hybridized carbons (Fsp3) is 0.300. The molecule has 2 heterocycles. The lowest BCUT2D eigenvalue weighted by Gasteiger charge is -2.24. The van der Waals surface area contributed by atoms with Crippen molar-refractivity contribution < 1.29 is 22.7 Å². The lowest BCUT2D eigenvalue weighted by atomic mass is 9.92. The zero-order valence-electron chi connectivity index (χ0n) is 15.5. The minimum atomic E-state index is -3.66. The van der Waals surface area contributed by atoms with E-state index >= 15 is 0 Å². The Labute approximate surface area is 167 Å². The molecule has 0 spiro atoms. The van der Waals surface area contributed by atoms with Crippen LogP contribution in [-0.4, -0.2) is 41.0 Å². The normalized spacial score (nSPS) is 16.7. The summed E-state index contributed by atoms with van der Waals surface area (Å²) in [5.74, 6) is -1.81. The molecule has 0 fully saturated rings. The van der Waals surface area contributed by atoms with Gasteiger partial charge in [-0.1, -0.05) is 6.07 Å². The second-order valence-electron chi connectivity index (χ2n) is 7.14. The molecular formula is C20H20FN3O4S. The molecule has 1 aliphatic carbocycles. The Morgan fingerprint density at radius 1 is 1.31 bits per heavy atom. The van der Waals surface area contributed by atoms with Crippen LogP contribution in [0.15, 0.2) is 47.5 Å². The van der Waals surface area contributed by atoms with Crippen molar-refractivity contribution in [3.05, 3.63) is 59.7 Å². The highest BCUT2D eigenvalue weighted by atomic mass is 32.2. The summed E-state index contributed by atoms with van der Waals surface area (Å²) in [5.41, 5.74) is 3.41. The fourth-order valence-electron chi connectivity index (χ4n) is 3.91. The molecule has 2 aromatic heterocycles. The van der Waals surface area contributed by atoms with Crippen molar-refractivity contribution in [3.63, 3.8) is 0 Å². The van der Waals surface area contributed by atoms with E-state index in [1.54, 1.807) is 16.8 Å². The average molecular weight is 417 g/mol. The van der Waals surface area contributed by atoms with Crippen LogP contribution in [0, 0.1) is 5.82 Å². The third-order valence-corrected chi connectivity index (χ3v) is 6.75. The summed E-state index contributed by atoms with van der Waals surface area (Å²) in [7, 11) is -3.66. The summed E-state index contributed by atoms with van der Waals surface area (Å²) in [6.07, 6.45) is 3.51. The lowest BCUT2D eigenvalue weighted by Crippen LogP contribution is -2.38. The summed E-state index contributed by atoms with van der Waals surface area (Å²) in [5, 5.41) is 12.3. The number of rotatable bonds is 6. The molecule has 0 radical (unpaired) electrons. The molecule has 2 N–H and O–H groups in total. The van der Waals surface area contributed by atoms with Gasteiger partial charge in [-0.05, 0) is 49.6 Å². The number of carbonyl (C=O) groups is 1. The van der Waals surface area contributed by atoms with Gasteiger partial charge in [-0.2, -0.15) is 0 Å². The first-order chi connectivity index (χ1) is 13.8. The van der Waals surface area contributed by atoms with E-state index in [9.17, 15) is 22.7 Å². The number of sulfone groups is 1. The molecule has 152 valence electrons. The van der Waals surface area contributed by atoms with Gasteiger partial charge in [0.2, 0.25) is 0 Å². The number of pyridine rings is 1. The number of hydrogen-bond donors (Lipinski definition) is 2. The predicted molar refractivity (Wildman–Crippen MR) is 105 cm³/mol. The zero-order chi connectivity index (χ0) is 20.6. The average Bonchev–Trinajstić information content (AvgIpc) is 2.99. The van der Waals surface area contributed by atoms with E-state index in [1.165, 1.54) is 18.2 Å². The Kier molecular flexibility index (Phi) is 5.10. The molecule has 1 unspecified atom stereocenters. The Balaban J connectivity index is 1.56. The maximum Gasteiger partial charge on any atom is 0.323 e. The van der Waals surface area contributed by atoms with E-state index in [-0.39, 0.29) is 23.4 Å². The van der Waals surface area contributed by atoms with E-state index in [0.29, 0.717) is 19.3 Å². The highest BCUT2D eigenvalue weighted by Crippen LogP contribution is 2.31. The first-order valence-electron chi connectivity index (χ1n) is 9.23. The molecule has 0 amide bonds. The Hall–Kier alpha value is -2.78. The van der Waals surface area contributed by atoms with Gasteiger partial charge in [-0.15, -0.1) is 0 Å². The number of fused-ring (bicyclic) bond motifs is 3. The molecule has 1 aromatic carbocycles. The van der Waals surface area contributed by atoms with Crippen LogP contribution in [0.3, 0.4) is 0 Å². The van der Waals surface area contributed by atoms with Crippen LogP contribution in [0.4, 0.5) is 4.39 Å². The lowest BCUT2D eigenvalue weighted by molar-refractivity contribution is -0.137. The number of aliphatic carboxylic acids is 1. The van der Waals surface area contributed by atoms with Crippen molar-refractivity contribution >= 4 is 26.8 Å². The molecule has 0 aliphatic heterocycles. The van der Waals surface area contributed by atoms with Crippen LogP contribution in [0.1, 0.15) is 17.7 Å². The largest absolute Gasteiger partial charge is 0.480 e. The van der Waals surface area contributed by atoms with Crippen LogP contribution in [0.25, 0.3) is 11.0 Å². The number of carboxylic acids is 1. The second kappa shape index (κ2) is 7.57. The number of carboxylic acid groups (broad SMARTS) is 1. The summed E-state index contributed by atoms with van der Waals surface area (Å²) in [6, 6.07) is 8.49. The van der Waals surface area contributed by atoms with Gasteiger partial charge in [0.1, 0.15) is 18.2 Å². The molecule has 3 aromatic rings. The second-order valence-corrected chi connectivity index (χ2v) is 9.13. The van der Waals surface area contributed by atoms with Gasteiger partial charge in [0.15, 0.2) is 9.84 Å². The number of nitrogens with one attached hydrogen (secondary N) is 1. The van der Waals surface area contributed by atoms with Crippen LogP contribution in [0.5, 0.6) is 0 Å². The number of hydrogen-bond acceptors (Lipinski definition) is 5. The Morgan fingerprint density at radius 2 is 2.14 bits per heavy atom. The van der Waals surface area contributed by atoms with Gasteiger partial charge in [0, 0.05) is 23.5 Å². The molecule has 0 saturated carbocycles. The molecule has 1 atom stereocenters. The molecule has 4 rings (SSSR count). The number of aromatic nitrogens is 2. The van der Waals surface area contributed by atoms with E-state index < -0.39 is 21.6 Å². The standard InChI is InChI=1S/C20H20FN3O4S/c21-13-3-1-4-15(9-13)29(27,28)12-23-14-6-7-17-16(10-14)20-18(5-2-8-22-20)24(17)11-19(25)26/h1-5,8-9,14,23H,6-7,10-12H2,(H,25,26). The summed E-state index contributed by atoms with van der Waals surface area (Å²) in [4.78, 5) is 15.7. The van der Waals surface area contributed by atoms with Gasteiger partial charge < -0.3 is 15.0 Å². The van der Waals surface area contributed by atoms with Crippen LogP contribution < -0.4 is 5.32 Å². The van der Waals surface area contributed by atoms with Gasteiger partial charge >= 0.3 is 5.97 Å². The van der Waals surface area contributed by atoms with Crippen molar-refractivity contribution in [1.29, 1.82) is 0 Å². The van der Waals surface area contributed by atoms with Crippen molar-refractivity contribution in [2.75, 3.05) is 5.88 Å². The van der Waals surface area contributed by atoms with Gasteiger partial charge in [0.25, 0.3) is 0 Å². The fourth-order valence-corrected chi connectivity index (χ4v) is 5.11. The van der Waals surface area contributed by atoms with E-state index in [2.05, 4.69) is 10.3 Å². The monoisotopic (exact) mass is 417 g/mol. The van der Waals surface area contributed by atoms with E-state index in [1.807, 2.05) is 6.07 Å². The number of nitrogens with zero attached hydrogens (tertiary/aromatic N) is 2. The molecule has 1 aliphatic rings. The third kappa shape index (κ3) is 3.88. The maximum atomic E-state index is 13.4. The number of halogens is 1. The van der Waals surface area contributed by atoms with Gasteiger partial charge in [-0.25, -0.2) is 12.8 Å². The zero-order valence-corrected chi connectivity index (χ0v) is 16.3. The molecule has 0 saturated heterocycles. The molecule has 0 bridgehead atoms. The van der Waals surface area contributed by atoms with Crippen LogP contribution in [0.2, 0.25) is 0 Å². The highest BCUT2D eigenvalue weighted by Gasteiger charge is 2.27. The minimum Gasteiger partial charge on any atom is -0.480 e. The predicted octanol–water partition coefficient (Wildman–Crippen LogP) is 2.14. The maximum absolute atomic E-state index is 13.4. The molecule has 9 heteroatoms. The minimum absolute atomic E-state index is 0.0544. The Morgan fingerprint density at radius 3 is 2.90 bits per heavy atom. The van der Waals surface area contributed by atoms with Crippen molar-refractivity contribution in [2.45, 2.75) is 36.7 Å². The molecular weight excluding hydrogens is 397 g/mol. The smallest absolute Gasteiger partial charge is 0.323 e. The SMILES string of the molecule is O=C(O)Cn1c2c(c3ncccc31)CC(NCS(=O)(=O)c1cccc(F)c1)CC2. The first-order valence-corrected chi connectivity index (χ1v) is 10.9. The van der Waals surface area contributed by atoms with Crippen molar-refractivity contribution in [1.82, 2.24) is 14.9 Å². The van der Waals surface area contributed by atoms with Crippen molar-refractivity contribution in [2.24, 2.45) is 0 Å². The number of benzene rings is 1. The van der Waals surface area contributed by atoms with E-state index in [0.717, 1.165) is 28.4 Å². The van der Waals surface area contributed by atoms with E-state index in [4.69, 9.17) is 0 Å². The van der Waals surface area contributed by atoms with Crippen molar-refractivity contribution in [3.8, 4) is 0 Å². The Bertz CT molecular complexity index is 1190. The summed E-state index contributed by atoms with van der Waals surface area (Å²) < 4.78 is 40.1. The summed E-state index contributed by atoms with van der Waals surface area (Å²) >= 11 is 0. The van der Waals surface area contributed by atoms with Gasteiger partial charge in [0.05, 0.1) is 15.9 Å². The quantitative estimate of drug-likeness (QED) is 0.637. The third-order valence-electron chi connectivity index (χ3n) is 5.23. The summed E-state index contributed by atoms with van der Waals surface area (Å²) in [6.45, 7) is -0.135. The molecule has 7 nitrogen and oxygen atoms in total.